The Morgan fingerprint density at radius 2 is 0.643 bits per heavy atom. The van der Waals surface area contributed by atoms with E-state index >= 15 is 0 Å². The molecule has 28 heteroatoms. The lowest BCUT2D eigenvalue weighted by Crippen LogP contribution is -2.61. The molecule has 0 saturated carbocycles. The van der Waals surface area contributed by atoms with Gasteiger partial charge in [-0.05, 0) is 159 Å². The number of primary amides is 1. The van der Waals surface area contributed by atoms with E-state index < -0.39 is 119 Å². The molecule has 84 heavy (non-hydrogen) atoms. The number of amides is 10. The number of hydrogen-bond donors (Lipinski definition) is 17. The van der Waals surface area contributed by atoms with Crippen molar-refractivity contribution in [1.82, 2.24) is 47.9 Å². The minimum Gasteiger partial charge on any atom is -0.370 e. The predicted molar refractivity (Wildman–Crippen MR) is 325 cm³/mol. The van der Waals surface area contributed by atoms with E-state index in [2.05, 4.69) is 52.8 Å². The largest absolute Gasteiger partial charge is 0.370 e. The minimum absolute atomic E-state index is 0.0181. The molecule has 25 N–H and O–H groups in total. The van der Waals surface area contributed by atoms with Crippen molar-refractivity contribution in [3.63, 3.8) is 0 Å². The Kier molecular flexibility index (Phi) is 41.0. The number of rotatable bonds is 47. The second-order valence-corrected chi connectivity index (χ2v) is 23.0. The quantitative estimate of drug-likeness (QED) is 0.0171. The second-order valence-electron chi connectivity index (χ2n) is 23.0. The molecule has 0 aromatic rings. The zero-order chi connectivity index (χ0) is 63.9. The fourth-order valence-electron chi connectivity index (χ4n) is 9.05. The molecule has 0 rings (SSSR count). The molecule has 0 radical (unpaired) electrons. The summed E-state index contributed by atoms with van der Waals surface area (Å²) in [5, 5.41) is 24.8. The van der Waals surface area contributed by atoms with Gasteiger partial charge in [0.15, 0.2) is 5.96 Å². The second kappa shape index (κ2) is 44.3. The molecule has 0 heterocycles. The molecule has 0 aliphatic heterocycles. The molecule has 0 aromatic heterocycles. The molecule has 10 amide bonds. The predicted octanol–water partition coefficient (Wildman–Crippen LogP) is -2.45. The van der Waals surface area contributed by atoms with Gasteiger partial charge in [-0.2, -0.15) is 0 Å². The van der Waals surface area contributed by atoms with Crippen LogP contribution in [0.25, 0.3) is 0 Å². The summed E-state index contributed by atoms with van der Waals surface area (Å²) < 4.78 is 0. The fourth-order valence-corrected chi connectivity index (χ4v) is 9.05. The summed E-state index contributed by atoms with van der Waals surface area (Å²) in [5.41, 5.74) is 45.6. The van der Waals surface area contributed by atoms with Crippen molar-refractivity contribution in [2.24, 2.45) is 74.5 Å². The number of hydrogen-bond acceptors (Lipinski definition) is 16. The molecule has 10 atom stereocenters. The van der Waals surface area contributed by atoms with Crippen LogP contribution in [0.15, 0.2) is 4.99 Å². The van der Waals surface area contributed by atoms with Crippen LogP contribution >= 0.6 is 0 Å². The van der Waals surface area contributed by atoms with Crippen LogP contribution in [0.5, 0.6) is 0 Å². The molecular weight excluding hydrogens is 1080 g/mol. The number of nitrogens with one attached hydrogen (secondary N) is 9. The molecule has 0 aromatic carbocycles. The highest BCUT2D eigenvalue weighted by Gasteiger charge is 2.36. The van der Waals surface area contributed by atoms with Gasteiger partial charge in [-0.3, -0.25) is 52.9 Å². The van der Waals surface area contributed by atoms with Gasteiger partial charge in [-0.1, -0.05) is 61.8 Å². The average Bonchev–Trinajstić information content (AvgIpc) is 3.65. The van der Waals surface area contributed by atoms with E-state index in [0.717, 1.165) is 0 Å². The molecular formula is C56H110N18O10. The summed E-state index contributed by atoms with van der Waals surface area (Å²) in [4.78, 5) is 142. The molecule has 0 aliphatic rings. The normalized spacial score (nSPS) is 14.9. The third-order valence-electron chi connectivity index (χ3n) is 13.9. The molecule has 0 spiro atoms. The lowest BCUT2D eigenvalue weighted by Gasteiger charge is -2.30. The van der Waals surface area contributed by atoms with Crippen LogP contribution in [0.1, 0.15) is 171 Å². The standard InChI is InChI=1S/C56H110N18O10/c1-9-36(8)46(55(84)71-40(22-13-17-27-60)50(79)68-39(21-12-16-26-59)51(80)73-44(31-35(6)7)54(83)72-42(47(62)76)29-33(2)3)74-52(81)41(23-18-28-65-56(63)64)69-48(77)37(19-10-14-24-57)67-49(78)38(20-11-15-25-58)70-53(82)43(30-34(4)5)66-45(75)32-61/h33-44,46H,9-32,57-61H2,1-8H3,(H2,62,76)(H,66,75)(H,67,78)(H,68,79)(H,69,77)(H,70,82)(H,71,84)(H,72,83)(H,73,80)(H,74,81)(H4,63,64,65)/t36-,37-,38-,39-,40-,41-,42-,43-,44-,46-/m0/s1. The van der Waals surface area contributed by atoms with Gasteiger partial charge >= 0.3 is 0 Å². The summed E-state index contributed by atoms with van der Waals surface area (Å²) in [6.45, 7) is 15.6. The van der Waals surface area contributed by atoms with Gasteiger partial charge in [-0.25, -0.2) is 0 Å². The van der Waals surface area contributed by atoms with E-state index in [0.29, 0.717) is 70.9 Å². The first-order chi connectivity index (χ1) is 39.7. The Hall–Kier alpha value is -6.23. The van der Waals surface area contributed by atoms with Crippen molar-refractivity contribution in [2.75, 3.05) is 39.3 Å². The van der Waals surface area contributed by atoms with Gasteiger partial charge in [0, 0.05) is 6.54 Å². The van der Waals surface area contributed by atoms with Crippen LogP contribution in [0, 0.1) is 23.7 Å². The smallest absolute Gasteiger partial charge is 0.243 e. The number of nitrogens with two attached hydrogens (primary N) is 8. The lowest BCUT2D eigenvalue weighted by molar-refractivity contribution is -0.136. The van der Waals surface area contributed by atoms with Crippen LogP contribution in [0.2, 0.25) is 0 Å². The molecule has 0 fully saturated rings. The first-order valence-electron chi connectivity index (χ1n) is 30.3. The highest BCUT2D eigenvalue weighted by Crippen LogP contribution is 2.15. The number of nitrogens with zero attached hydrogens (tertiary/aromatic N) is 1. The molecule has 28 nitrogen and oxygen atoms in total. The highest BCUT2D eigenvalue weighted by atomic mass is 16.2. The number of unbranched alkanes of at least 4 members (excludes halogenated alkanes) is 4. The highest BCUT2D eigenvalue weighted by molar-refractivity contribution is 5.98. The Balaban J connectivity index is 7.15. The molecule has 0 unspecified atom stereocenters. The van der Waals surface area contributed by atoms with Crippen molar-refractivity contribution in [2.45, 2.75) is 225 Å². The third-order valence-corrected chi connectivity index (χ3v) is 13.9. The van der Waals surface area contributed by atoms with E-state index in [-0.39, 0.29) is 108 Å². The third kappa shape index (κ3) is 33.3. The molecule has 0 aliphatic carbocycles. The SMILES string of the molecule is CC[C@H](C)[C@H](NC(=O)[C@H](CCCN=C(N)N)NC(=O)[C@H](CCCCN)NC(=O)[C@H](CCCCN)NC(=O)[C@H](CC(C)C)NC(=O)CN)C(=O)N[C@@H](CCCCN)C(=O)N[C@@H](CCCCN)C(=O)N[C@@H](CC(C)C)C(=O)N[C@@H](CC(C)C)C(N)=O. The molecule has 484 valence electrons. The van der Waals surface area contributed by atoms with Gasteiger partial charge in [0.2, 0.25) is 59.1 Å². The summed E-state index contributed by atoms with van der Waals surface area (Å²) in [5.74, 6) is -7.76. The van der Waals surface area contributed by atoms with E-state index in [9.17, 15) is 47.9 Å². The number of carbonyl (C=O) groups excluding carboxylic acids is 10. The van der Waals surface area contributed by atoms with Crippen molar-refractivity contribution < 1.29 is 47.9 Å². The van der Waals surface area contributed by atoms with Crippen LogP contribution in [0.4, 0.5) is 0 Å². The number of carbonyl (C=O) groups is 10. The van der Waals surface area contributed by atoms with Crippen LogP contribution in [0.3, 0.4) is 0 Å². The maximum Gasteiger partial charge on any atom is 0.243 e. The fraction of sp³-hybridized carbons (Fsp3) is 0.804. The van der Waals surface area contributed by atoms with E-state index in [1.807, 2.05) is 41.5 Å². The summed E-state index contributed by atoms with van der Waals surface area (Å²) in [7, 11) is 0. The van der Waals surface area contributed by atoms with Gasteiger partial charge in [0.25, 0.3) is 0 Å². The van der Waals surface area contributed by atoms with Crippen LogP contribution in [-0.4, -0.2) is 159 Å². The topological polar surface area (TPSA) is 499 Å². The molecule has 0 bridgehead atoms. The maximum atomic E-state index is 14.6. The maximum absolute atomic E-state index is 14.6. The van der Waals surface area contributed by atoms with Crippen molar-refractivity contribution in [3.05, 3.63) is 0 Å². The summed E-state index contributed by atoms with van der Waals surface area (Å²) in [6.07, 6.45) is 5.21. The van der Waals surface area contributed by atoms with Crippen LogP contribution in [-0.2, 0) is 47.9 Å². The number of guanidine groups is 1. The zero-order valence-electron chi connectivity index (χ0n) is 51.6. The van der Waals surface area contributed by atoms with Crippen molar-refractivity contribution >= 4 is 65.0 Å². The molecule has 0 saturated heterocycles. The monoisotopic (exact) mass is 1190 g/mol. The van der Waals surface area contributed by atoms with E-state index in [1.165, 1.54) is 0 Å². The summed E-state index contributed by atoms with van der Waals surface area (Å²) >= 11 is 0. The van der Waals surface area contributed by atoms with Gasteiger partial charge in [0.1, 0.15) is 54.4 Å². The Morgan fingerprint density at radius 1 is 0.357 bits per heavy atom. The first kappa shape index (κ1) is 77.8. The summed E-state index contributed by atoms with van der Waals surface area (Å²) in [6, 6.07) is -10.6. The lowest BCUT2D eigenvalue weighted by atomic mass is 9.96. The van der Waals surface area contributed by atoms with Crippen LogP contribution < -0.4 is 93.7 Å². The van der Waals surface area contributed by atoms with E-state index in [1.54, 1.807) is 13.8 Å². The first-order valence-corrected chi connectivity index (χ1v) is 30.3. The van der Waals surface area contributed by atoms with Crippen molar-refractivity contribution in [1.29, 1.82) is 0 Å². The van der Waals surface area contributed by atoms with Gasteiger partial charge in [-0.15, -0.1) is 0 Å². The Labute approximate surface area is 498 Å². The van der Waals surface area contributed by atoms with Gasteiger partial charge < -0.3 is 93.7 Å². The Morgan fingerprint density at radius 3 is 0.952 bits per heavy atom. The zero-order valence-corrected chi connectivity index (χ0v) is 51.6. The average molecular weight is 1200 g/mol. The van der Waals surface area contributed by atoms with Crippen molar-refractivity contribution in [3.8, 4) is 0 Å². The number of aliphatic imine (C=N–C) groups is 1. The Bertz CT molecular complexity index is 2040. The van der Waals surface area contributed by atoms with E-state index in [4.69, 9.17) is 45.9 Å². The van der Waals surface area contributed by atoms with Gasteiger partial charge in [0.05, 0.1) is 6.54 Å². The minimum atomic E-state index is -1.34.